The normalized spacial score (nSPS) is 12.1. The highest BCUT2D eigenvalue weighted by Gasteiger charge is 2.13. The van der Waals surface area contributed by atoms with E-state index in [1.165, 1.54) is 0 Å². The van der Waals surface area contributed by atoms with Crippen molar-refractivity contribution in [2.24, 2.45) is 4.99 Å². The first kappa shape index (κ1) is 23.1. The van der Waals surface area contributed by atoms with Gasteiger partial charge in [-0.2, -0.15) is 0 Å². The molecular formula is C20H24ClIN4O3. The molecule has 0 aromatic heterocycles. The Labute approximate surface area is 192 Å². The SMILES string of the molecule is CCNC(=NCc1ccc2c(c1)OCO2)NCCNC(=O)c1ccccc1Cl.I. The quantitative estimate of drug-likeness (QED) is 0.222. The van der Waals surface area contributed by atoms with Gasteiger partial charge in [0.1, 0.15) is 0 Å². The minimum atomic E-state index is -0.199. The summed E-state index contributed by atoms with van der Waals surface area (Å²) >= 11 is 6.04. The van der Waals surface area contributed by atoms with Crippen molar-refractivity contribution in [3.63, 3.8) is 0 Å². The molecule has 0 fully saturated rings. The molecule has 7 nitrogen and oxygen atoms in total. The average Bonchev–Trinajstić information content (AvgIpc) is 3.17. The first-order chi connectivity index (χ1) is 13.7. The number of rotatable bonds is 7. The minimum Gasteiger partial charge on any atom is -0.454 e. The van der Waals surface area contributed by atoms with Gasteiger partial charge in [-0.15, -0.1) is 24.0 Å². The van der Waals surface area contributed by atoms with Gasteiger partial charge in [0.2, 0.25) is 6.79 Å². The van der Waals surface area contributed by atoms with Crippen LogP contribution >= 0.6 is 35.6 Å². The van der Waals surface area contributed by atoms with Gasteiger partial charge in [0, 0.05) is 19.6 Å². The first-order valence-corrected chi connectivity index (χ1v) is 9.48. The number of hydrogen-bond acceptors (Lipinski definition) is 4. The third-order valence-electron chi connectivity index (χ3n) is 4.02. The van der Waals surface area contributed by atoms with E-state index in [2.05, 4.69) is 20.9 Å². The zero-order valence-corrected chi connectivity index (χ0v) is 19.1. The smallest absolute Gasteiger partial charge is 0.252 e. The van der Waals surface area contributed by atoms with E-state index in [1.807, 2.05) is 25.1 Å². The summed E-state index contributed by atoms with van der Waals surface area (Å²) in [6, 6.07) is 12.7. The number of ether oxygens (including phenoxy) is 2. The third-order valence-corrected chi connectivity index (χ3v) is 4.35. The number of benzene rings is 2. The summed E-state index contributed by atoms with van der Waals surface area (Å²) < 4.78 is 10.7. The molecule has 3 rings (SSSR count). The summed E-state index contributed by atoms with van der Waals surface area (Å²) in [5.41, 5.74) is 1.49. The Balaban J connectivity index is 0.00000300. The molecule has 0 atom stereocenters. The van der Waals surface area contributed by atoms with E-state index in [1.54, 1.807) is 24.3 Å². The third kappa shape index (κ3) is 6.67. The van der Waals surface area contributed by atoms with Crippen molar-refractivity contribution in [1.82, 2.24) is 16.0 Å². The number of fused-ring (bicyclic) bond motifs is 1. The molecule has 0 spiro atoms. The van der Waals surface area contributed by atoms with E-state index >= 15 is 0 Å². The van der Waals surface area contributed by atoms with Crippen molar-refractivity contribution >= 4 is 47.4 Å². The van der Waals surface area contributed by atoms with Gasteiger partial charge in [-0.1, -0.05) is 29.8 Å². The van der Waals surface area contributed by atoms with Crippen LogP contribution in [0.5, 0.6) is 11.5 Å². The number of hydrogen-bond donors (Lipinski definition) is 3. The number of carbonyl (C=O) groups is 1. The van der Waals surface area contributed by atoms with Gasteiger partial charge in [-0.3, -0.25) is 4.79 Å². The molecule has 156 valence electrons. The Morgan fingerprint density at radius 1 is 1.07 bits per heavy atom. The molecule has 2 aromatic carbocycles. The van der Waals surface area contributed by atoms with Crippen LogP contribution in [-0.2, 0) is 6.54 Å². The average molecular weight is 531 g/mol. The molecule has 2 aromatic rings. The van der Waals surface area contributed by atoms with Gasteiger partial charge in [-0.05, 0) is 36.8 Å². The highest BCUT2D eigenvalue weighted by atomic mass is 127. The van der Waals surface area contributed by atoms with Gasteiger partial charge >= 0.3 is 0 Å². The van der Waals surface area contributed by atoms with Crippen molar-refractivity contribution in [1.29, 1.82) is 0 Å². The van der Waals surface area contributed by atoms with E-state index in [0.29, 0.717) is 36.2 Å². The molecule has 0 saturated carbocycles. The first-order valence-electron chi connectivity index (χ1n) is 9.11. The lowest BCUT2D eigenvalue weighted by molar-refractivity contribution is 0.0954. The van der Waals surface area contributed by atoms with Gasteiger partial charge in [-0.25, -0.2) is 4.99 Å². The van der Waals surface area contributed by atoms with E-state index in [-0.39, 0.29) is 36.7 Å². The number of halogens is 2. The molecule has 9 heteroatoms. The second-order valence-corrected chi connectivity index (χ2v) is 6.45. The predicted molar refractivity (Wildman–Crippen MR) is 125 cm³/mol. The maximum atomic E-state index is 12.1. The van der Waals surface area contributed by atoms with Crippen molar-refractivity contribution in [3.8, 4) is 11.5 Å². The van der Waals surface area contributed by atoms with Gasteiger partial charge in [0.25, 0.3) is 5.91 Å². The molecular weight excluding hydrogens is 507 g/mol. The summed E-state index contributed by atoms with van der Waals surface area (Å²) in [5.74, 6) is 1.97. The molecule has 0 unspecified atom stereocenters. The fourth-order valence-electron chi connectivity index (χ4n) is 2.65. The monoisotopic (exact) mass is 530 g/mol. The summed E-state index contributed by atoms with van der Waals surface area (Å²) in [7, 11) is 0. The second-order valence-electron chi connectivity index (χ2n) is 6.05. The zero-order valence-electron chi connectivity index (χ0n) is 16.0. The van der Waals surface area contributed by atoms with Crippen LogP contribution in [0.15, 0.2) is 47.5 Å². The number of amides is 1. The second kappa shape index (κ2) is 11.7. The van der Waals surface area contributed by atoms with E-state index < -0.39 is 0 Å². The van der Waals surface area contributed by atoms with Crippen LogP contribution in [0.3, 0.4) is 0 Å². The molecule has 29 heavy (non-hydrogen) atoms. The molecule has 1 amide bonds. The lowest BCUT2D eigenvalue weighted by atomic mass is 10.2. The van der Waals surface area contributed by atoms with Crippen LogP contribution < -0.4 is 25.4 Å². The lowest BCUT2D eigenvalue weighted by Crippen LogP contribution is -2.41. The molecule has 3 N–H and O–H groups in total. The highest BCUT2D eigenvalue weighted by molar-refractivity contribution is 14.0. The minimum absolute atomic E-state index is 0. The van der Waals surface area contributed by atoms with Gasteiger partial charge in [0.15, 0.2) is 17.5 Å². The van der Waals surface area contributed by atoms with Crippen LogP contribution in [0.1, 0.15) is 22.8 Å². The summed E-state index contributed by atoms with van der Waals surface area (Å²) in [4.78, 5) is 16.7. The number of guanidine groups is 1. The van der Waals surface area contributed by atoms with Crippen molar-refractivity contribution in [2.75, 3.05) is 26.4 Å². The van der Waals surface area contributed by atoms with Crippen LogP contribution in [-0.4, -0.2) is 38.3 Å². The summed E-state index contributed by atoms with van der Waals surface area (Å²) in [5, 5.41) is 9.66. The molecule has 1 aliphatic rings. The van der Waals surface area contributed by atoms with Crippen LogP contribution in [0.2, 0.25) is 5.02 Å². The Hall–Kier alpha value is -2.20. The Kier molecular flexibility index (Phi) is 9.33. The van der Waals surface area contributed by atoms with Crippen molar-refractivity contribution in [2.45, 2.75) is 13.5 Å². The number of carbonyl (C=O) groups excluding carboxylic acids is 1. The largest absolute Gasteiger partial charge is 0.454 e. The molecule has 0 bridgehead atoms. The Bertz CT molecular complexity index is 863. The Morgan fingerprint density at radius 3 is 2.62 bits per heavy atom. The predicted octanol–water partition coefficient (Wildman–Crippen LogP) is 3.17. The van der Waals surface area contributed by atoms with Crippen LogP contribution in [0, 0.1) is 0 Å². The highest BCUT2D eigenvalue weighted by Crippen LogP contribution is 2.32. The fraction of sp³-hybridized carbons (Fsp3) is 0.300. The van der Waals surface area contributed by atoms with Gasteiger partial charge < -0.3 is 25.4 Å². The van der Waals surface area contributed by atoms with Gasteiger partial charge in [0.05, 0.1) is 17.1 Å². The maximum absolute atomic E-state index is 12.1. The zero-order chi connectivity index (χ0) is 19.8. The fourth-order valence-corrected chi connectivity index (χ4v) is 2.87. The van der Waals surface area contributed by atoms with Crippen LogP contribution in [0.4, 0.5) is 0 Å². The summed E-state index contributed by atoms with van der Waals surface area (Å²) in [6.07, 6.45) is 0. The molecule has 0 aliphatic carbocycles. The van der Waals surface area contributed by atoms with E-state index in [4.69, 9.17) is 21.1 Å². The standard InChI is InChI=1S/C20H23ClN4O3.HI/c1-2-22-20(25-12-14-7-8-17-18(11-14)28-13-27-17)24-10-9-23-19(26)15-5-3-4-6-16(15)21;/h3-8,11H,2,9-10,12-13H2,1H3,(H,23,26)(H2,22,24,25);1H. The number of aliphatic imine (C=N–C) groups is 1. The maximum Gasteiger partial charge on any atom is 0.252 e. The number of nitrogens with zero attached hydrogens (tertiary/aromatic N) is 1. The molecule has 1 aliphatic heterocycles. The summed E-state index contributed by atoms with van der Waals surface area (Å²) in [6.45, 7) is 4.46. The number of nitrogens with one attached hydrogen (secondary N) is 3. The topological polar surface area (TPSA) is 84.0 Å². The Morgan fingerprint density at radius 2 is 1.83 bits per heavy atom. The molecule has 0 radical (unpaired) electrons. The van der Waals surface area contributed by atoms with Crippen molar-refractivity contribution in [3.05, 3.63) is 58.6 Å². The van der Waals surface area contributed by atoms with Crippen LogP contribution in [0.25, 0.3) is 0 Å². The molecule has 0 saturated heterocycles. The van der Waals surface area contributed by atoms with E-state index in [9.17, 15) is 4.79 Å². The molecule has 1 heterocycles. The van der Waals surface area contributed by atoms with E-state index in [0.717, 1.165) is 23.6 Å². The lowest BCUT2D eigenvalue weighted by Gasteiger charge is -2.12. The van der Waals surface area contributed by atoms with Crippen molar-refractivity contribution < 1.29 is 14.3 Å².